The highest BCUT2D eigenvalue weighted by molar-refractivity contribution is 5.56. The normalized spacial score (nSPS) is 27.1. The molecule has 1 aliphatic rings. The molecule has 66 valence electrons. The second-order valence-corrected chi connectivity index (χ2v) is 2.50. The molecule has 0 aromatic carbocycles. The molecule has 3 heteroatoms. The Labute approximate surface area is 67.7 Å². The lowest BCUT2D eigenvalue weighted by atomic mass is 10.4. The van der Waals surface area contributed by atoms with Crippen LogP contribution in [0.3, 0.4) is 0 Å². The van der Waals surface area contributed by atoms with Gasteiger partial charge in [-0.2, -0.15) is 0 Å². The second-order valence-electron chi connectivity index (χ2n) is 2.50. The number of carbonyl (C=O) groups excluding carboxylic acids is 1. The summed E-state index contributed by atoms with van der Waals surface area (Å²) in [5.74, 6) is -0.564. The molecule has 3 nitrogen and oxygen atoms in total. The minimum Gasteiger partial charge on any atom is -0.347 e. The number of hydrogen-bond donors (Lipinski definition) is 0. The summed E-state index contributed by atoms with van der Waals surface area (Å²) in [5, 5.41) is 0. The Morgan fingerprint density at radius 1 is 1.45 bits per heavy atom. The number of carbonyl (C=O) groups is 1. The van der Waals surface area contributed by atoms with Crippen LogP contribution in [0, 0.1) is 0 Å². The van der Waals surface area contributed by atoms with E-state index in [2.05, 4.69) is 0 Å². The largest absolute Gasteiger partial charge is 0.347 e. The van der Waals surface area contributed by atoms with Crippen molar-refractivity contribution in [3.63, 3.8) is 0 Å². The van der Waals surface area contributed by atoms with Crippen LogP contribution in [-0.2, 0) is 14.3 Å². The lowest BCUT2D eigenvalue weighted by Gasteiger charge is -2.14. The molecule has 0 amide bonds. The Kier molecular flexibility index (Phi) is 4.30. The van der Waals surface area contributed by atoms with Crippen LogP contribution in [0.25, 0.3) is 0 Å². The number of ether oxygens (including phenoxy) is 2. The Balaban J connectivity index is 0.000000461. The molecular weight excluding hydrogens is 144 g/mol. The zero-order valence-corrected chi connectivity index (χ0v) is 7.59. The van der Waals surface area contributed by atoms with E-state index in [0.29, 0.717) is 6.61 Å². The van der Waals surface area contributed by atoms with E-state index in [0.717, 1.165) is 6.29 Å². The average Bonchev–Trinajstić information content (AvgIpc) is 2.34. The van der Waals surface area contributed by atoms with E-state index >= 15 is 0 Å². The van der Waals surface area contributed by atoms with Gasteiger partial charge < -0.3 is 14.3 Å². The molecule has 1 saturated heterocycles. The smallest absolute Gasteiger partial charge is 0.163 e. The van der Waals surface area contributed by atoms with Gasteiger partial charge in [0.1, 0.15) is 6.10 Å². The Bertz CT molecular complexity index is 121. The molecule has 0 N–H and O–H groups in total. The van der Waals surface area contributed by atoms with E-state index in [-0.39, 0.29) is 6.10 Å². The highest BCUT2D eigenvalue weighted by Crippen LogP contribution is 2.20. The van der Waals surface area contributed by atoms with Crippen LogP contribution in [0.5, 0.6) is 0 Å². The van der Waals surface area contributed by atoms with Crippen molar-refractivity contribution in [3.8, 4) is 0 Å². The SMILES string of the molecule is CC.CC1(C)OC[C@H](C=O)O1. The fourth-order valence-corrected chi connectivity index (χ4v) is 0.782. The fraction of sp³-hybridized carbons (Fsp3) is 0.875. The topological polar surface area (TPSA) is 35.5 Å². The maximum Gasteiger partial charge on any atom is 0.163 e. The molecule has 0 aromatic heterocycles. The van der Waals surface area contributed by atoms with Gasteiger partial charge in [-0.15, -0.1) is 0 Å². The van der Waals surface area contributed by atoms with E-state index in [1.54, 1.807) is 13.8 Å². The van der Waals surface area contributed by atoms with Crippen molar-refractivity contribution in [1.29, 1.82) is 0 Å². The molecule has 11 heavy (non-hydrogen) atoms. The van der Waals surface area contributed by atoms with Gasteiger partial charge in [-0.25, -0.2) is 0 Å². The molecule has 1 aliphatic heterocycles. The summed E-state index contributed by atoms with van der Waals surface area (Å²) in [5.41, 5.74) is 0. The van der Waals surface area contributed by atoms with Gasteiger partial charge >= 0.3 is 0 Å². The maximum atomic E-state index is 10.1. The first kappa shape index (κ1) is 10.6. The molecule has 1 heterocycles. The highest BCUT2D eigenvalue weighted by atomic mass is 16.7. The van der Waals surface area contributed by atoms with E-state index in [1.165, 1.54) is 0 Å². The first-order chi connectivity index (χ1) is 5.14. The Hall–Kier alpha value is -0.410. The molecule has 0 aromatic rings. The molecule has 0 bridgehead atoms. The Morgan fingerprint density at radius 3 is 2.18 bits per heavy atom. The molecule has 0 spiro atoms. The van der Waals surface area contributed by atoms with Crippen molar-refractivity contribution in [2.24, 2.45) is 0 Å². The van der Waals surface area contributed by atoms with Gasteiger partial charge in [-0.3, -0.25) is 0 Å². The van der Waals surface area contributed by atoms with Crippen LogP contribution in [0.2, 0.25) is 0 Å². The predicted octanol–water partition coefficient (Wildman–Crippen LogP) is 1.36. The summed E-state index contributed by atoms with van der Waals surface area (Å²) in [4.78, 5) is 10.1. The third-order valence-corrected chi connectivity index (χ3v) is 1.18. The number of aldehydes is 1. The Morgan fingerprint density at radius 2 is 2.00 bits per heavy atom. The first-order valence-electron chi connectivity index (χ1n) is 3.91. The third kappa shape index (κ3) is 3.49. The fourth-order valence-electron chi connectivity index (χ4n) is 0.782. The van der Waals surface area contributed by atoms with Gasteiger partial charge in [0.2, 0.25) is 0 Å². The van der Waals surface area contributed by atoms with Crippen LogP contribution in [0.15, 0.2) is 0 Å². The lowest BCUT2D eigenvalue weighted by molar-refractivity contribution is -0.145. The molecule has 1 atom stereocenters. The summed E-state index contributed by atoms with van der Waals surface area (Å²) in [7, 11) is 0. The third-order valence-electron chi connectivity index (χ3n) is 1.18. The minimum atomic E-state index is -0.564. The van der Waals surface area contributed by atoms with Crippen LogP contribution in [0.4, 0.5) is 0 Å². The minimum absolute atomic E-state index is 0.361. The average molecular weight is 160 g/mol. The van der Waals surface area contributed by atoms with Gasteiger partial charge in [0, 0.05) is 0 Å². The molecule has 0 saturated carbocycles. The van der Waals surface area contributed by atoms with E-state index in [1.807, 2.05) is 13.8 Å². The van der Waals surface area contributed by atoms with Crippen LogP contribution < -0.4 is 0 Å². The standard InChI is InChI=1S/C6H10O3.C2H6/c1-6(2)8-4-5(3-7)9-6;1-2/h3,5H,4H2,1-2H3;1-2H3/t5-;/m0./s1. The molecular formula is C8H16O3. The van der Waals surface area contributed by atoms with Crippen LogP contribution in [0.1, 0.15) is 27.7 Å². The zero-order chi connectivity index (χ0) is 8.91. The highest BCUT2D eigenvalue weighted by Gasteiger charge is 2.31. The van der Waals surface area contributed by atoms with Crippen molar-refractivity contribution in [1.82, 2.24) is 0 Å². The monoisotopic (exact) mass is 160 g/mol. The molecule has 1 rings (SSSR count). The van der Waals surface area contributed by atoms with Crippen molar-refractivity contribution in [3.05, 3.63) is 0 Å². The van der Waals surface area contributed by atoms with Crippen molar-refractivity contribution in [2.75, 3.05) is 6.61 Å². The lowest BCUT2D eigenvalue weighted by Crippen LogP contribution is -2.21. The van der Waals surface area contributed by atoms with Crippen molar-refractivity contribution < 1.29 is 14.3 Å². The van der Waals surface area contributed by atoms with Crippen LogP contribution in [-0.4, -0.2) is 24.8 Å². The zero-order valence-electron chi connectivity index (χ0n) is 7.59. The first-order valence-corrected chi connectivity index (χ1v) is 3.91. The second kappa shape index (κ2) is 4.46. The quantitative estimate of drug-likeness (QED) is 0.543. The molecule has 1 fully saturated rings. The van der Waals surface area contributed by atoms with E-state index in [9.17, 15) is 4.79 Å². The van der Waals surface area contributed by atoms with Crippen molar-refractivity contribution in [2.45, 2.75) is 39.6 Å². The van der Waals surface area contributed by atoms with Gasteiger partial charge in [0.15, 0.2) is 12.1 Å². The van der Waals surface area contributed by atoms with Gasteiger partial charge in [0.25, 0.3) is 0 Å². The molecule has 0 radical (unpaired) electrons. The summed E-state index contributed by atoms with van der Waals surface area (Å²) >= 11 is 0. The summed E-state index contributed by atoms with van der Waals surface area (Å²) in [6.45, 7) is 7.96. The van der Waals surface area contributed by atoms with Crippen LogP contribution >= 0.6 is 0 Å². The van der Waals surface area contributed by atoms with E-state index < -0.39 is 5.79 Å². The summed E-state index contributed by atoms with van der Waals surface area (Å²) in [6, 6.07) is 0. The molecule has 0 unspecified atom stereocenters. The number of rotatable bonds is 1. The van der Waals surface area contributed by atoms with Gasteiger partial charge in [0.05, 0.1) is 6.61 Å². The van der Waals surface area contributed by atoms with Crippen molar-refractivity contribution >= 4 is 6.29 Å². The number of hydrogen-bond acceptors (Lipinski definition) is 3. The van der Waals surface area contributed by atoms with E-state index in [4.69, 9.17) is 9.47 Å². The molecule has 0 aliphatic carbocycles. The van der Waals surface area contributed by atoms with Gasteiger partial charge in [-0.05, 0) is 13.8 Å². The van der Waals surface area contributed by atoms with Gasteiger partial charge in [-0.1, -0.05) is 13.8 Å². The predicted molar refractivity (Wildman–Crippen MR) is 42.3 cm³/mol. The summed E-state index contributed by atoms with van der Waals surface area (Å²) < 4.78 is 10.2. The summed E-state index contributed by atoms with van der Waals surface area (Å²) in [6.07, 6.45) is 0.398. The maximum absolute atomic E-state index is 10.1.